The molecule has 0 spiro atoms. The van der Waals surface area contributed by atoms with Gasteiger partial charge in [0.2, 0.25) is 5.91 Å². The van der Waals surface area contributed by atoms with E-state index in [9.17, 15) is 14.7 Å². The highest BCUT2D eigenvalue weighted by molar-refractivity contribution is 5.86. The van der Waals surface area contributed by atoms with Crippen LogP contribution in [0.1, 0.15) is 32.1 Å². The maximum absolute atomic E-state index is 12.7. The van der Waals surface area contributed by atoms with E-state index >= 15 is 0 Å². The summed E-state index contributed by atoms with van der Waals surface area (Å²) in [5.41, 5.74) is 0. The summed E-state index contributed by atoms with van der Waals surface area (Å²) in [5.74, 6) is -1.86. The molecule has 2 fully saturated rings. The number of rotatable bonds is 2. The van der Waals surface area contributed by atoms with Gasteiger partial charge in [0, 0.05) is 25.0 Å². The first-order valence-electron chi connectivity index (χ1n) is 7.36. The minimum atomic E-state index is -1.05. The maximum atomic E-state index is 12.7. The zero-order chi connectivity index (χ0) is 13.4. The van der Waals surface area contributed by atoms with Crippen LogP contribution in [0, 0.1) is 23.7 Å². The summed E-state index contributed by atoms with van der Waals surface area (Å²) < 4.78 is 0. The lowest BCUT2D eigenvalue weighted by Gasteiger charge is -2.32. The minimum Gasteiger partial charge on any atom is -0.550 e. The molecule has 2 aliphatic carbocycles. The highest BCUT2D eigenvalue weighted by atomic mass is 16.4. The Morgan fingerprint density at radius 2 is 1.53 bits per heavy atom. The fourth-order valence-corrected chi connectivity index (χ4v) is 3.98. The van der Waals surface area contributed by atoms with Gasteiger partial charge in [0.25, 0.3) is 0 Å². The van der Waals surface area contributed by atoms with Crippen LogP contribution in [0.4, 0.5) is 0 Å². The number of aliphatic carboxylic acids is 1. The van der Waals surface area contributed by atoms with Crippen molar-refractivity contribution in [1.82, 2.24) is 4.90 Å². The number of carbonyl (C=O) groups excluding carboxylic acids is 2. The summed E-state index contributed by atoms with van der Waals surface area (Å²) >= 11 is 0. The number of amides is 1. The molecule has 104 valence electrons. The van der Waals surface area contributed by atoms with Gasteiger partial charge in [0.15, 0.2) is 0 Å². The second kappa shape index (κ2) is 4.99. The Kier molecular flexibility index (Phi) is 3.33. The molecule has 0 aromatic rings. The van der Waals surface area contributed by atoms with Gasteiger partial charge >= 0.3 is 0 Å². The zero-order valence-corrected chi connectivity index (χ0v) is 11.1. The van der Waals surface area contributed by atoms with Crippen LogP contribution in [-0.2, 0) is 9.59 Å². The third-order valence-corrected chi connectivity index (χ3v) is 4.93. The molecule has 0 radical (unpaired) electrons. The highest BCUT2D eigenvalue weighted by Crippen LogP contribution is 2.48. The van der Waals surface area contributed by atoms with Crippen molar-refractivity contribution >= 4 is 11.9 Å². The Balaban J connectivity index is 1.78. The lowest BCUT2D eigenvalue weighted by Crippen LogP contribution is -2.46. The molecule has 0 unspecified atom stereocenters. The molecular weight excluding hydrogens is 242 g/mol. The van der Waals surface area contributed by atoms with Crippen LogP contribution in [-0.4, -0.2) is 29.9 Å². The predicted octanol–water partition coefficient (Wildman–Crippen LogP) is 0.577. The quantitative estimate of drug-likeness (QED) is 0.684. The Bertz CT molecular complexity index is 410. The molecule has 0 aromatic heterocycles. The number of hydrogen-bond donors (Lipinski definition) is 0. The normalized spacial score (nSPS) is 37.4. The number of carbonyl (C=O) groups is 2. The average Bonchev–Trinajstić information content (AvgIpc) is 2.89. The van der Waals surface area contributed by atoms with Crippen LogP contribution in [0.5, 0.6) is 0 Å². The largest absolute Gasteiger partial charge is 0.550 e. The second-order valence-corrected chi connectivity index (χ2v) is 6.06. The van der Waals surface area contributed by atoms with Gasteiger partial charge in [-0.15, -0.1) is 0 Å². The summed E-state index contributed by atoms with van der Waals surface area (Å²) in [5, 5.41) is 11.3. The average molecular weight is 262 g/mol. The summed E-state index contributed by atoms with van der Waals surface area (Å²) in [6, 6.07) is 0. The number of carboxylic acids is 1. The van der Waals surface area contributed by atoms with Gasteiger partial charge in [0.1, 0.15) is 0 Å². The van der Waals surface area contributed by atoms with Crippen LogP contribution in [0.25, 0.3) is 0 Å². The molecule has 1 amide bonds. The molecule has 1 aliphatic heterocycles. The molecule has 0 aromatic carbocycles. The number of fused-ring (bicyclic) bond motifs is 2. The molecule has 2 bridgehead atoms. The van der Waals surface area contributed by atoms with Crippen molar-refractivity contribution in [2.24, 2.45) is 23.7 Å². The second-order valence-electron chi connectivity index (χ2n) is 6.06. The Hall–Kier alpha value is -1.32. The van der Waals surface area contributed by atoms with Crippen molar-refractivity contribution in [2.45, 2.75) is 32.1 Å². The molecular formula is C15H20NO3-. The molecule has 19 heavy (non-hydrogen) atoms. The number of likely N-dealkylation sites (tertiary alicyclic amines) is 1. The molecule has 1 saturated carbocycles. The molecule has 3 aliphatic rings. The van der Waals surface area contributed by atoms with Gasteiger partial charge in [-0.1, -0.05) is 25.0 Å². The van der Waals surface area contributed by atoms with Crippen molar-refractivity contribution in [1.29, 1.82) is 0 Å². The van der Waals surface area contributed by atoms with Gasteiger partial charge in [-0.25, -0.2) is 0 Å². The summed E-state index contributed by atoms with van der Waals surface area (Å²) in [6.07, 6.45) is 9.22. The Morgan fingerprint density at radius 1 is 0.947 bits per heavy atom. The molecule has 1 saturated heterocycles. The minimum absolute atomic E-state index is 0.0101. The lowest BCUT2D eigenvalue weighted by atomic mass is 9.82. The number of carboxylic acid groups (broad SMARTS) is 1. The van der Waals surface area contributed by atoms with E-state index in [-0.39, 0.29) is 23.7 Å². The standard InChI is InChI=1S/C15H21NO3/c17-14(16-7-3-1-2-4-8-16)12-10-5-6-11(9-10)13(12)15(18)19/h5-6,10-13H,1-4,7-9H2,(H,18,19)/p-1/t10-,11-,12-,13-/m1/s1. The first-order chi connectivity index (χ1) is 9.18. The van der Waals surface area contributed by atoms with Gasteiger partial charge in [0.05, 0.1) is 5.92 Å². The Labute approximate surface area is 113 Å². The predicted molar refractivity (Wildman–Crippen MR) is 67.8 cm³/mol. The summed E-state index contributed by atoms with van der Waals surface area (Å²) in [4.78, 5) is 25.9. The van der Waals surface area contributed by atoms with E-state index in [1.807, 2.05) is 17.1 Å². The number of allylic oxidation sites excluding steroid dienone is 2. The van der Waals surface area contributed by atoms with Gasteiger partial charge in [-0.05, 0) is 31.1 Å². The SMILES string of the molecule is O=C([O-])[C@H]1[C@H](C(=O)N2CCCCCC2)[C@@H]2C=C[C@@H]1C2. The topological polar surface area (TPSA) is 60.4 Å². The van der Waals surface area contributed by atoms with E-state index in [1.54, 1.807) is 0 Å². The fraction of sp³-hybridized carbons (Fsp3) is 0.733. The Morgan fingerprint density at radius 3 is 2.11 bits per heavy atom. The van der Waals surface area contributed by atoms with E-state index in [0.717, 1.165) is 32.4 Å². The molecule has 4 heteroatoms. The van der Waals surface area contributed by atoms with Crippen LogP contribution < -0.4 is 5.11 Å². The molecule has 0 N–H and O–H groups in total. The zero-order valence-electron chi connectivity index (χ0n) is 11.1. The van der Waals surface area contributed by atoms with Crippen molar-refractivity contribution < 1.29 is 14.7 Å². The summed E-state index contributed by atoms with van der Waals surface area (Å²) in [6.45, 7) is 1.58. The number of nitrogens with zero attached hydrogens (tertiary/aromatic N) is 1. The highest BCUT2D eigenvalue weighted by Gasteiger charge is 2.49. The van der Waals surface area contributed by atoms with Gasteiger partial charge in [-0.2, -0.15) is 0 Å². The van der Waals surface area contributed by atoms with Crippen LogP contribution in [0.3, 0.4) is 0 Å². The van der Waals surface area contributed by atoms with Gasteiger partial charge in [-0.3, -0.25) is 4.79 Å². The van der Waals surface area contributed by atoms with E-state index in [0.29, 0.717) is 0 Å². The molecule has 4 nitrogen and oxygen atoms in total. The van der Waals surface area contributed by atoms with E-state index in [2.05, 4.69) is 0 Å². The third-order valence-electron chi connectivity index (χ3n) is 4.93. The first kappa shape index (κ1) is 12.7. The van der Waals surface area contributed by atoms with Gasteiger partial charge < -0.3 is 14.8 Å². The van der Waals surface area contributed by atoms with Crippen LogP contribution in [0.15, 0.2) is 12.2 Å². The van der Waals surface area contributed by atoms with Crippen LogP contribution in [0.2, 0.25) is 0 Å². The lowest BCUT2D eigenvalue weighted by molar-refractivity contribution is -0.313. The monoisotopic (exact) mass is 262 g/mol. The van der Waals surface area contributed by atoms with Crippen molar-refractivity contribution in [3.8, 4) is 0 Å². The van der Waals surface area contributed by atoms with E-state index in [1.165, 1.54) is 12.8 Å². The summed E-state index contributed by atoms with van der Waals surface area (Å²) in [7, 11) is 0. The maximum Gasteiger partial charge on any atom is 0.226 e. The first-order valence-corrected chi connectivity index (χ1v) is 7.36. The van der Waals surface area contributed by atoms with Crippen LogP contribution >= 0.6 is 0 Å². The number of hydrogen-bond acceptors (Lipinski definition) is 3. The fourth-order valence-electron chi connectivity index (χ4n) is 3.98. The van der Waals surface area contributed by atoms with E-state index in [4.69, 9.17) is 0 Å². The van der Waals surface area contributed by atoms with E-state index < -0.39 is 11.9 Å². The molecule has 1 heterocycles. The van der Waals surface area contributed by atoms with Crippen molar-refractivity contribution in [3.63, 3.8) is 0 Å². The molecule has 3 rings (SSSR count). The van der Waals surface area contributed by atoms with Crippen molar-refractivity contribution in [2.75, 3.05) is 13.1 Å². The van der Waals surface area contributed by atoms with Crippen molar-refractivity contribution in [3.05, 3.63) is 12.2 Å². The molecule has 4 atom stereocenters. The smallest absolute Gasteiger partial charge is 0.226 e. The third kappa shape index (κ3) is 2.17.